The predicted octanol–water partition coefficient (Wildman–Crippen LogP) is 3.71. The summed E-state index contributed by atoms with van der Waals surface area (Å²) in [5.41, 5.74) is 6.19. The molecular formula is C26H41N5O3. The standard InChI is InChI=1S/C26H41N5O3/c1-8-15-30(17-14-21(4)10-3)20-31(16-9-2)24(19-27)25(32)29(6)26(28-5)34-23-13-11-12-22(18-23)33-7/h11-13,18-19,21H,8,10,14-15,17,20,27H2,1-7H3/b24-19-,28-26?. The number of methoxy groups -OCH3 is 1. The maximum absolute atomic E-state index is 13.4. The van der Waals surface area contributed by atoms with Crippen molar-refractivity contribution >= 4 is 11.9 Å². The molecule has 1 rings (SSSR count). The highest BCUT2D eigenvalue weighted by molar-refractivity contribution is 6.03. The fourth-order valence-corrected chi connectivity index (χ4v) is 3.25. The minimum atomic E-state index is -0.368. The minimum absolute atomic E-state index is 0.129. The number of nitrogens with two attached hydrogens (primary N) is 1. The summed E-state index contributed by atoms with van der Waals surface area (Å²) >= 11 is 0. The predicted molar refractivity (Wildman–Crippen MR) is 138 cm³/mol. The lowest BCUT2D eigenvalue weighted by Gasteiger charge is -2.30. The summed E-state index contributed by atoms with van der Waals surface area (Å²) in [6, 6.07) is 10.3. The van der Waals surface area contributed by atoms with E-state index in [2.05, 4.69) is 42.6 Å². The number of ether oxygens (including phenoxy) is 2. The van der Waals surface area contributed by atoms with Gasteiger partial charge >= 0.3 is 0 Å². The number of benzene rings is 1. The molecule has 0 radical (unpaired) electrons. The molecule has 1 aromatic rings. The lowest BCUT2D eigenvalue weighted by Crippen LogP contribution is -2.44. The first-order valence-corrected chi connectivity index (χ1v) is 11.8. The molecule has 0 fully saturated rings. The molecule has 1 unspecified atom stereocenters. The maximum Gasteiger partial charge on any atom is 0.299 e. The van der Waals surface area contributed by atoms with Crippen LogP contribution in [0.25, 0.3) is 0 Å². The molecule has 0 spiro atoms. The Morgan fingerprint density at radius 1 is 1.26 bits per heavy atom. The number of amidine groups is 1. The molecule has 188 valence electrons. The Hall–Kier alpha value is -3.18. The average molecular weight is 472 g/mol. The highest BCUT2D eigenvalue weighted by Crippen LogP contribution is 2.20. The van der Waals surface area contributed by atoms with E-state index in [1.807, 2.05) is 6.07 Å². The van der Waals surface area contributed by atoms with Gasteiger partial charge in [-0.1, -0.05) is 39.2 Å². The molecule has 0 aliphatic carbocycles. The number of hydrogen-bond acceptors (Lipinski definition) is 7. The summed E-state index contributed by atoms with van der Waals surface area (Å²) in [6.45, 7) is 10.6. The fourth-order valence-electron chi connectivity index (χ4n) is 3.25. The van der Waals surface area contributed by atoms with E-state index in [9.17, 15) is 4.79 Å². The third-order valence-corrected chi connectivity index (χ3v) is 5.46. The smallest absolute Gasteiger partial charge is 0.299 e. The van der Waals surface area contributed by atoms with Gasteiger partial charge in [-0.15, -0.1) is 0 Å². The second kappa shape index (κ2) is 15.6. The van der Waals surface area contributed by atoms with Crippen LogP contribution in [0, 0.1) is 17.9 Å². The molecule has 8 nitrogen and oxygen atoms in total. The van der Waals surface area contributed by atoms with Gasteiger partial charge in [0.25, 0.3) is 11.9 Å². The van der Waals surface area contributed by atoms with Gasteiger partial charge in [-0.25, -0.2) is 4.99 Å². The zero-order valence-corrected chi connectivity index (χ0v) is 21.8. The molecule has 0 aromatic heterocycles. The molecule has 0 saturated carbocycles. The Morgan fingerprint density at radius 3 is 2.53 bits per heavy atom. The van der Waals surface area contributed by atoms with E-state index in [0.29, 0.717) is 24.1 Å². The second-order valence-electron chi connectivity index (χ2n) is 8.05. The SMILES string of the molecule is CC#CN(CN(CCC)CCC(C)CC)/C(=C\N)C(=O)N(C)C(=NC)Oc1cccc(OC)c1. The highest BCUT2D eigenvalue weighted by Gasteiger charge is 2.26. The molecule has 1 aromatic carbocycles. The van der Waals surface area contributed by atoms with E-state index in [4.69, 9.17) is 15.2 Å². The highest BCUT2D eigenvalue weighted by atomic mass is 16.5. The maximum atomic E-state index is 13.4. The van der Waals surface area contributed by atoms with Crippen molar-refractivity contribution in [1.82, 2.24) is 14.7 Å². The Morgan fingerprint density at radius 2 is 1.97 bits per heavy atom. The van der Waals surface area contributed by atoms with Gasteiger partial charge in [0.1, 0.15) is 17.2 Å². The van der Waals surface area contributed by atoms with Crippen molar-refractivity contribution in [3.8, 4) is 23.5 Å². The monoisotopic (exact) mass is 471 g/mol. The lowest BCUT2D eigenvalue weighted by molar-refractivity contribution is -0.124. The first-order valence-electron chi connectivity index (χ1n) is 11.8. The van der Waals surface area contributed by atoms with E-state index in [0.717, 1.165) is 32.4 Å². The topological polar surface area (TPSA) is 83.6 Å². The van der Waals surface area contributed by atoms with Crippen LogP contribution in [-0.4, -0.2) is 67.6 Å². The molecule has 2 N–H and O–H groups in total. The Balaban J connectivity index is 3.06. The summed E-state index contributed by atoms with van der Waals surface area (Å²) in [5.74, 6) is 4.32. The molecule has 1 atom stereocenters. The van der Waals surface area contributed by atoms with E-state index in [-0.39, 0.29) is 17.6 Å². The van der Waals surface area contributed by atoms with Gasteiger partial charge in [0, 0.05) is 39.0 Å². The largest absolute Gasteiger partial charge is 0.497 e. The van der Waals surface area contributed by atoms with Crippen molar-refractivity contribution in [1.29, 1.82) is 0 Å². The summed E-state index contributed by atoms with van der Waals surface area (Å²) in [6.07, 6.45) is 4.52. The number of carbonyl (C=O) groups is 1. The van der Waals surface area contributed by atoms with Gasteiger partial charge in [0.15, 0.2) is 0 Å². The molecular weight excluding hydrogens is 430 g/mol. The van der Waals surface area contributed by atoms with Crippen LogP contribution in [0.4, 0.5) is 0 Å². The summed E-state index contributed by atoms with van der Waals surface area (Å²) in [5, 5.41) is 0. The van der Waals surface area contributed by atoms with Crippen LogP contribution >= 0.6 is 0 Å². The molecule has 0 bridgehead atoms. The molecule has 0 aliphatic rings. The number of hydrogen-bond donors (Lipinski definition) is 1. The van der Waals surface area contributed by atoms with E-state index in [1.54, 1.807) is 51.2 Å². The van der Waals surface area contributed by atoms with Crippen LogP contribution < -0.4 is 15.2 Å². The normalized spacial score (nSPS) is 12.6. The van der Waals surface area contributed by atoms with E-state index in [1.165, 1.54) is 11.1 Å². The Labute approximate surface area is 205 Å². The molecule has 8 heteroatoms. The van der Waals surface area contributed by atoms with Crippen molar-refractivity contribution in [2.45, 2.75) is 47.0 Å². The third-order valence-electron chi connectivity index (χ3n) is 5.46. The van der Waals surface area contributed by atoms with Crippen LogP contribution in [-0.2, 0) is 4.79 Å². The third kappa shape index (κ3) is 8.99. The van der Waals surface area contributed by atoms with Gasteiger partial charge in [-0.2, -0.15) is 0 Å². The quantitative estimate of drug-likeness (QED) is 0.125. The number of aliphatic imine (C=N–C) groups is 1. The zero-order chi connectivity index (χ0) is 25.5. The van der Waals surface area contributed by atoms with Gasteiger partial charge < -0.3 is 15.2 Å². The minimum Gasteiger partial charge on any atom is -0.497 e. The van der Waals surface area contributed by atoms with Gasteiger partial charge in [-0.3, -0.25) is 19.5 Å². The summed E-state index contributed by atoms with van der Waals surface area (Å²) in [7, 11) is 4.74. The summed E-state index contributed by atoms with van der Waals surface area (Å²) < 4.78 is 11.1. The van der Waals surface area contributed by atoms with Crippen molar-refractivity contribution < 1.29 is 14.3 Å². The van der Waals surface area contributed by atoms with Crippen molar-refractivity contribution in [3.63, 3.8) is 0 Å². The molecule has 0 heterocycles. The molecule has 34 heavy (non-hydrogen) atoms. The van der Waals surface area contributed by atoms with Gasteiger partial charge in [-0.05, 0) is 44.4 Å². The molecule has 0 saturated heterocycles. The van der Waals surface area contributed by atoms with Crippen LogP contribution in [0.15, 0.2) is 41.2 Å². The first-order chi connectivity index (χ1) is 16.3. The first kappa shape index (κ1) is 28.9. The van der Waals surface area contributed by atoms with Crippen LogP contribution in [0.3, 0.4) is 0 Å². The molecule has 0 aliphatic heterocycles. The number of rotatable bonds is 12. The van der Waals surface area contributed by atoms with Gasteiger partial charge in [0.05, 0.1) is 13.8 Å². The second-order valence-corrected chi connectivity index (χ2v) is 8.05. The average Bonchev–Trinajstić information content (AvgIpc) is 2.85. The van der Waals surface area contributed by atoms with Crippen LogP contribution in [0.5, 0.6) is 11.5 Å². The van der Waals surface area contributed by atoms with Gasteiger partial charge in [0.2, 0.25) is 0 Å². The van der Waals surface area contributed by atoms with Crippen molar-refractivity contribution in [2.24, 2.45) is 16.6 Å². The fraction of sp³-hybridized carbons (Fsp3) is 0.538. The summed E-state index contributed by atoms with van der Waals surface area (Å²) in [4.78, 5) is 22.9. The van der Waals surface area contributed by atoms with E-state index < -0.39 is 0 Å². The number of likely N-dealkylation sites (N-methyl/N-ethyl adjacent to an activating group) is 1. The lowest BCUT2D eigenvalue weighted by atomic mass is 10.1. The number of carbonyl (C=O) groups excluding carboxylic acids is 1. The van der Waals surface area contributed by atoms with E-state index >= 15 is 0 Å². The van der Waals surface area contributed by atoms with Crippen LogP contribution in [0.2, 0.25) is 0 Å². The Bertz CT molecular complexity index is 888. The Kier molecular flexibility index (Phi) is 13.3. The van der Waals surface area contributed by atoms with Crippen molar-refractivity contribution in [3.05, 3.63) is 36.2 Å². The molecule has 1 amide bonds. The van der Waals surface area contributed by atoms with Crippen molar-refractivity contribution in [2.75, 3.05) is 41.0 Å². The number of amides is 1. The number of nitrogens with zero attached hydrogens (tertiary/aromatic N) is 4. The van der Waals surface area contributed by atoms with Crippen LogP contribution in [0.1, 0.15) is 47.0 Å². The zero-order valence-electron chi connectivity index (χ0n) is 21.8.